The van der Waals surface area contributed by atoms with Gasteiger partial charge in [0, 0.05) is 16.6 Å². The minimum Gasteiger partial charge on any atom is -0.325 e. The average molecular weight is 467 g/mol. The lowest BCUT2D eigenvalue weighted by molar-refractivity contribution is -0.141. The normalized spacial score (nSPS) is 13.1. The van der Waals surface area contributed by atoms with Crippen LogP contribution in [0.5, 0.6) is 0 Å². The number of pyridine rings is 1. The SMILES string of the molecule is CCSc1c(-c2nc3cc(C(F)(F)F)ncc3n2C)sc2cc(C(F)(F)F)sc12. The number of nitrogens with zero attached hydrogens (tertiary/aromatic N) is 3. The van der Waals surface area contributed by atoms with Crippen LogP contribution in [0.15, 0.2) is 23.2 Å². The highest BCUT2D eigenvalue weighted by atomic mass is 32.2. The molecule has 0 radical (unpaired) electrons. The monoisotopic (exact) mass is 467 g/mol. The third-order valence-corrected chi connectivity index (χ3v) is 7.85. The molecule has 0 aliphatic rings. The summed E-state index contributed by atoms with van der Waals surface area (Å²) in [6, 6.07) is 1.99. The van der Waals surface area contributed by atoms with Gasteiger partial charge in [0.25, 0.3) is 0 Å². The molecular formula is C17H11F6N3S3. The van der Waals surface area contributed by atoms with Crippen LogP contribution in [-0.2, 0) is 19.4 Å². The number of thioether (sulfide) groups is 1. The molecule has 0 bridgehead atoms. The van der Waals surface area contributed by atoms with Gasteiger partial charge in [0.15, 0.2) is 5.82 Å². The molecule has 3 nitrogen and oxygen atoms in total. The van der Waals surface area contributed by atoms with E-state index in [0.29, 0.717) is 47.6 Å². The van der Waals surface area contributed by atoms with E-state index in [9.17, 15) is 26.3 Å². The smallest absolute Gasteiger partial charge is 0.325 e. The van der Waals surface area contributed by atoms with E-state index >= 15 is 0 Å². The zero-order chi connectivity index (χ0) is 21.1. The van der Waals surface area contributed by atoms with Crippen LogP contribution in [0.3, 0.4) is 0 Å². The van der Waals surface area contributed by atoms with Crippen LogP contribution >= 0.6 is 34.4 Å². The fourth-order valence-corrected chi connectivity index (χ4v) is 6.61. The van der Waals surface area contributed by atoms with Gasteiger partial charge in [-0.05, 0) is 17.9 Å². The van der Waals surface area contributed by atoms with Crippen LogP contribution in [0.25, 0.3) is 31.1 Å². The molecule has 4 aromatic heterocycles. The van der Waals surface area contributed by atoms with Gasteiger partial charge in [-0.25, -0.2) is 9.97 Å². The molecule has 4 aromatic rings. The maximum atomic E-state index is 13.1. The summed E-state index contributed by atoms with van der Waals surface area (Å²) in [6.07, 6.45) is -7.90. The van der Waals surface area contributed by atoms with Gasteiger partial charge >= 0.3 is 12.4 Å². The molecule has 12 heteroatoms. The number of rotatable bonds is 3. The molecule has 4 heterocycles. The minimum absolute atomic E-state index is 0.130. The lowest BCUT2D eigenvalue weighted by atomic mass is 10.3. The molecule has 0 amide bonds. The van der Waals surface area contributed by atoms with E-state index in [4.69, 9.17) is 0 Å². The van der Waals surface area contributed by atoms with Gasteiger partial charge in [0.1, 0.15) is 10.6 Å². The number of hydrogen-bond acceptors (Lipinski definition) is 5. The van der Waals surface area contributed by atoms with Crippen molar-refractivity contribution in [2.24, 2.45) is 7.05 Å². The number of fused-ring (bicyclic) bond motifs is 2. The van der Waals surface area contributed by atoms with Crippen LogP contribution < -0.4 is 0 Å². The summed E-state index contributed by atoms with van der Waals surface area (Å²) in [6.45, 7) is 1.88. The van der Waals surface area contributed by atoms with E-state index in [1.807, 2.05) is 6.92 Å². The molecule has 0 saturated heterocycles. The minimum atomic E-state index is -4.59. The maximum absolute atomic E-state index is 13.1. The Morgan fingerprint density at radius 2 is 1.79 bits per heavy atom. The standard InChI is InChI=1S/C17H11F6N3S3/c1-3-27-13-12-9(5-11(29-12)17(21,22)23)28-14(13)15-25-7-4-10(16(18,19)20)24-6-8(7)26(15)2/h4-6H,3H2,1-2H3. The van der Waals surface area contributed by atoms with Crippen LogP contribution in [-0.4, -0.2) is 20.3 Å². The van der Waals surface area contributed by atoms with Crippen LogP contribution in [0.2, 0.25) is 0 Å². The highest BCUT2D eigenvalue weighted by Gasteiger charge is 2.35. The van der Waals surface area contributed by atoms with Crippen molar-refractivity contribution < 1.29 is 26.3 Å². The van der Waals surface area contributed by atoms with Crippen molar-refractivity contribution in [2.45, 2.75) is 24.2 Å². The summed E-state index contributed by atoms with van der Waals surface area (Å²) >= 11 is 3.22. The predicted molar refractivity (Wildman–Crippen MR) is 104 cm³/mol. The number of hydrogen-bond donors (Lipinski definition) is 0. The first-order chi connectivity index (χ1) is 13.5. The number of aromatic nitrogens is 3. The molecule has 4 rings (SSSR count). The summed E-state index contributed by atoms with van der Waals surface area (Å²) in [5.74, 6) is 1.03. The van der Waals surface area contributed by atoms with Crippen molar-refractivity contribution in [2.75, 3.05) is 5.75 Å². The molecular weight excluding hydrogens is 456 g/mol. The molecule has 0 aliphatic carbocycles. The third kappa shape index (κ3) is 3.50. The van der Waals surface area contributed by atoms with Gasteiger partial charge < -0.3 is 4.57 Å². The first-order valence-electron chi connectivity index (χ1n) is 8.17. The van der Waals surface area contributed by atoms with Crippen molar-refractivity contribution in [1.29, 1.82) is 0 Å². The van der Waals surface area contributed by atoms with E-state index in [2.05, 4.69) is 9.97 Å². The van der Waals surface area contributed by atoms with Crippen LogP contribution in [0, 0.1) is 0 Å². The van der Waals surface area contributed by atoms with Gasteiger partial charge in [-0.1, -0.05) is 6.92 Å². The molecule has 0 aromatic carbocycles. The molecule has 0 aliphatic heterocycles. The summed E-state index contributed by atoms with van der Waals surface area (Å²) in [4.78, 5) is 8.44. The quantitative estimate of drug-likeness (QED) is 0.239. The summed E-state index contributed by atoms with van der Waals surface area (Å²) < 4.78 is 80.7. The number of imidazole rings is 1. The van der Waals surface area contributed by atoms with E-state index in [-0.39, 0.29) is 5.52 Å². The first-order valence-corrected chi connectivity index (χ1v) is 10.8. The van der Waals surface area contributed by atoms with Crippen molar-refractivity contribution in [1.82, 2.24) is 14.5 Å². The molecule has 29 heavy (non-hydrogen) atoms. The summed E-state index contributed by atoms with van der Waals surface area (Å²) in [5, 5.41) is 0. The zero-order valence-electron chi connectivity index (χ0n) is 14.8. The predicted octanol–water partition coefficient (Wildman–Crippen LogP) is 7.06. The van der Waals surface area contributed by atoms with E-state index in [1.54, 1.807) is 11.6 Å². The largest absolute Gasteiger partial charge is 0.433 e. The average Bonchev–Trinajstić information content (AvgIpc) is 3.26. The van der Waals surface area contributed by atoms with Crippen LogP contribution in [0.4, 0.5) is 26.3 Å². The van der Waals surface area contributed by atoms with Crippen molar-refractivity contribution in [3.8, 4) is 10.7 Å². The highest BCUT2D eigenvalue weighted by Crippen LogP contribution is 2.50. The lowest BCUT2D eigenvalue weighted by Gasteiger charge is -2.05. The molecule has 0 spiro atoms. The second-order valence-corrected chi connectivity index (χ2v) is 9.42. The van der Waals surface area contributed by atoms with E-state index in [0.717, 1.165) is 29.7 Å². The lowest BCUT2D eigenvalue weighted by Crippen LogP contribution is -2.07. The summed E-state index contributed by atoms with van der Waals surface area (Å²) in [7, 11) is 1.65. The first kappa shape index (κ1) is 20.5. The highest BCUT2D eigenvalue weighted by molar-refractivity contribution is 8.00. The Kier molecular flexibility index (Phi) is 4.86. The maximum Gasteiger partial charge on any atom is 0.433 e. The zero-order valence-corrected chi connectivity index (χ0v) is 17.2. The Morgan fingerprint density at radius 1 is 1.07 bits per heavy atom. The Labute approximate surface area is 172 Å². The van der Waals surface area contributed by atoms with Gasteiger partial charge in [-0.3, -0.25) is 0 Å². The molecule has 0 atom stereocenters. The Morgan fingerprint density at radius 3 is 2.41 bits per heavy atom. The fraction of sp³-hybridized carbons (Fsp3) is 0.294. The molecule has 0 N–H and O–H groups in total. The van der Waals surface area contributed by atoms with Crippen LogP contribution in [0.1, 0.15) is 17.5 Å². The number of alkyl halides is 6. The molecule has 0 fully saturated rings. The van der Waals surface area contributed by atoms with Crippen molar-refractivity contribution >= 4 is 54.9 Å². The molecule has 0 saturated carbocycles. The van der Waals surface area contributed by atoms with E-state index in [1.165, 1.54) is 11.8 Å². The molecule has 0 unspecified atom stereocenters. The van der Waals surface area contributed by atoms with Crippen molar-refractivity contribution in [3.63, 3.8) is 0 Å². The summed E-state index contributed by atoms with van der Waals surface area (Å²) in [5.41, 5.74) is -0.502. The fourth-order valence-electron chi connectivity index (χ4n) is 2.88. The third-order valence-electron chi connectivity index (χ3n) is 4.15. The van der Waals surface area contributed by atoms with Gasteiger partial charge in [0.2, 0.25) is 0 Å². The molecule has 154 valence electrons. The van der Waals surface area contributed by atoms with Crippen molar-refractivity contribution in [3.05, 3.63) is 28.9 Å². The second kappa shape index (κ2) is 6.88. The van der Waals surface area contributed by atoms with Gasteiger partial charge in [-0.2, -0.15) is 26.3 Å². The Bertz CT molecular complexity index is 1220. The number of halogens is 6. The number of thiophene rings is 2. The Balaban J connectivity index is 1.91. The number of aryl methyl sites for hydroxylation is 1. The van der Waals surface area contributed by atoms with E-state index < -0.39 is 22.9 Å². The van der Waals surface area contributed by atoms with Gasteiger partial charge in [-0.15, -0.1) is 34.4 Å². The second-order valence-electron chi connectivity index (χ2n) is 6.05. The topological polar surface area (TPSA) is 30.7 Å². The van der Waals surface area contributed by atoms with Gasteiger partial charge in [0.05, 0.1) is 26.8 Å². The Hall–Kier alpha value is -1.79.